The van der Waals surface area contributed by atoms with Gasteiger partial charge in [-0.15, -0.1) is 0 Å². The molecule has 0 fully saturated rings. The van der Waals surface area contributed by atoms with E-state index in [0.29, 0.717) is 16.6 Å². The molecule has 0 spiro atoms. The van der Waals surface area contributed by atoms with Crippen molar-refractivity contribution >= 4 is 98.3 Å². The Labute approximate surface area is 346 Å². The van der Waals surface area contributed by atoms with Gasteiger partial charge in [0.15, 0.2) is 0 Å². The monoisotopic (exact) mass is 974 g/mol. The van der Waals surface area contributed by atoms with E-state index >= 15 is 0 Å². The van der Waals surface area contributed by atoms with Gasteiger partial charge in [0, 0.05) is 50.7 Å². The molecule has 258 valence electrons. The Morgan fingerprint density at radius 1 is 0.519 bits per heavy atom. The molecule has 0 amide bonds. The van der Waals surface area contributed by atoms with E-state index in [4.69, 9.17) is 39.0 Å². The highest BCUT2D eigenvalue weighted by atomic mass is 79.9. The van der Waals surface area contributed by atoms with Gasteiger partial charge in [0.2, 0.25) is 0 Å². The minimum atomic E-state index is 0.227. The summed E-state index contributed by atoms with van der Waals surface area (Å²) in [6, 6.07) is 47.0. The molecule has 0 aliphatic carbocycles. The fourth-order valence-corrected chi connectivity index (χ4v) is 6.96. The summed E-state index contributed by atoms with van der Waals surface area (Å²) in [6.45, 7) is 0.551. The Hall–Kier alpha value is -3.63. The van der Waals surface area contributed by atoms with Gasteiger partial charge in [-0.25, -0.2) is 4.98 Å². The van der Waals surface area contributed by atoms with Gasteiger partial charge in [-0.3, -0.25) is 10.8 Å². The van der Waals surface area contributed by atoms with Crippen LogP contribution in [0.3, 0.4) is 0 Å². The molecule has 2 N–H and O–H groups in total. The van der Waals surface area contributed by atoms with Crippen molar-refractivity contribution in [1.82, 2.24) is 9.55 Å². The molecule has 0 unspecified atom stereocenters. The third-order valence-corrected chi connectivity index (χ3v) is 10.9. The second-order valence-corrected chi connectivity index (χ2v) is 16.0. The molecule has 0 atom stereocenters. The summed E-state index contributed by atoms with van der Waals surface area (Å²) in [5.41, 5.74) is 7.79. The molecule has 1 heterocycles. The minimum absolute atomic E-state index is 0.227. The normalized spacial score (nSPS) is 10.7. The predicted octanol–water partition coefficient (Wildman–Crippen LogP) is 14.4. The van der Waals surface area contributed by atoms with E-state index in [1.165, 1.54) is 0 Å². The third-order valence-electron chi connectivity index (χ3n) is 8.12. The number of nitrogens with one attached hydrogen (secondary N) is 2. The van der Waals surface area contributed by atoms with Crippen molar-refractivity contribution in [3.05, 3.63) is 190 Å². The van der Waals surface area contributed by atoms with Crippen LogP contribution in [0.1, 0.15) is 16.7 Å². The van der Waals surface area contributed by atoms with Crippen LogP contribution in [0.5, 0.6) is 0 Å². The van der Waals surface area contributed by atoms with Crippen LogP contribution in [-0.4, -0.2) is 21.0 Å². The summed E-state index contributed by atoms with van der Waals surface area (Å²) in [4.78, 5) is 5.17. The topological polar surface area (TPSA) is 65.5 Å². The van der Waals surface area contributed by atoms with E-state index < -0.39 is 0 Å². The van der Waals surface area contributed by atoms with Crippen molar-refractivity contribution in [3.63, 3.8) is 0 Å². The van der Waals surface area contributed by atoms with E-state index in [1.807, 2.05) is 121 Å². The van der Waals surface area contributed by atoms with Gasteiger partial charge < -0.3 is 4.57 Å². The molecular weight excluding hydrogens is 951 g/mol. The van der Waals surface area contributed by atoms with Crippen molar-refractivity contribution in [1.29, 1.82) is 10.8 Å². The number of nitrogens with zero attached hydrogens (tertiary/aromatic N) is 2. The molecule has 7 rings (SSSR count). The van der Waals surface area contributed by atoms with Gasteiger partial charge >= 0.3 is 0 Å². The van der Waals surface area contributed by atoms with Crippen molar-refractivity contribution in [2.45, 2.75) is 6.54 Å². The summed E-state index contributed by atoms with van der Waals surface area (Å²) < 4.78 is 6.18. The zero-order chi connectivity index (χ0) is 36.8. The van der Waals surface area contributed by atoms with Crippen LogP contribution in [0.2, 0.25) is 10.0 Å². The Morgan fingerprint density at radius 2 is 0.942 bits per heavy atom. The molecule has 0 aliphatic rings. The smallest absolute Gasteiger partial charge is 0.142 e. The van der Waals surface area contributed by atoms with E-state index in [2.05, 4.69) is 92.6 Å². The average molecular weight is 979 g/mol. The number of halogens is 6. The summed E-state index contributed by atoms with van der Waals surface area (Å²) in [5, 5.41) is 17.5. The molecule has 0 radical (unpaired) electrons. The number of rotatable bonds is 8. The molecular formula is C42H28Br4Cl2N4. The first-order valence-electron chi connectivity index (χ1n) is 15.9. The van der Waals surface area contributed by atoms with E-state index in [0.717, 1.165) is 68.5 Å². The van der Waals surface area contributed by atoms with Crippen LogP contribution in [0.15, 0.2) is 163 Å². The second kappa shape index (κ2) is 17.5. The van der Waals surface area contributed by atoms with Gasteiger partial charge in [-0.2, -0.15) is 0 Å². The standard InChI is InChI=1S/C28H18Br2Cl2N2.C14H10Br2N2/c29-21-13-9-18(10-14-21)26-27(19-11-15-22(30)16-12-19)34(17-20-5-1-3-7-24(20)31)28(33-26)23-6-2-4-8-25(23)32;15-11-5-1-9(2-6-11)13(17)14(18)10-3-7-12(16)8-4-10/h1-16H,17H2;1-8,17-18H. The SMILES string of the molecule is Clc1ccccc1Cn1c(-c2ccccc2Cl)nc(-c2ccc(Br)cc2)c1-c1ccc(Br)cc1.N=C(C(=N)c1ccc(Br)cc1)c1ccc(Br)cc1. The van der Waals surface area contributed by atoms with Crippen LogP contribution in [0, 0.1) is 10.8 Å². The maximum atomic E-state index is 8.05. The summed E-state index contributed by atoms with van der Waals surface area (Å²) in [6.07, 6.45) is 0. The lowest BCUT2D eigenvalue weighted by molar-refractivity contribution is 0.815. The van der Waals surface area contributed by atoms with Gasteiger partial charge in [0.05, 0.1) is 34.4 Å². The number of benzene rings is 6. The highest BCUT2D eigenvalue weighted by Gasteiger charge is 2.23. The van der Waals surface area contributed by atoms with Crippen molar-refractivity contribution in [3.8, 4) is 33.9 Å². The molecule has 0 saturated carbocycles. The van der Waals surface area contributed by atoms with Crippen LogP contribution in [0.4, 0.5) is 0 Å². The van der Waals surface area contributed by atoms with Gasteiger partial charge in [-0.1, -0.05) is 166 Å². The van der Waals surface area contributed by atoms with E-state index in [1.54, 1.807) is 0 Å². The second-order valence-electron chi connectivity index (χ2n) is 11.6. The maximum Gasteiger partial charge on any atom is 0.142 e. The number of hydrogen-bond donors (Lipinski definition) is 2. The molecule has 4 nitrogen and oxygen atoms in total. The van der Waals surface area contributed by atoms with Crippen LogP contribution in [0.25, 0.3) is 33.9 Å². The van der Waals surface area contributed by atoms with E-state index in [9.17, 15) is 0 Å². The summed E-state index contributed by atoms with van der Waals surface area (Å²) in [7, 11) is 0. The molecule has 1 aromatic heterocycles. The summed E-state index contributed by atoms with van der Waals surface area (Å²) in [5.74, 6) is 0.793. The Balaban J connectivity index is 0.000000217. The van der Waals surface area contributed by atoms with E-state index in [-0.39, 0.29) is 11.4 Å². The number of hydrogen-bond acceptors (Lipinski definition) is 3. The number of imidazole rings is 1. The Kier molecular flexibility index (Phi) is 12.8. The quantitative estimate of drug-likeness (QED) is 0.146. The first kappa shape index (κ1) is 38.1. The molecule has 7 aromatic rings. The third kappa shape index (κ3) is 9.11. The van der Waals surface area contributed by atoms with Crippen molar-refractivity contribution in [2.75, 3.05) is 0 Å². The lowest BCUT2D eigenvalue weighted by Gasteiger charge is -2.15. The first-order valence-corrected chi connectivity index (χ1v) is 19.8. The van der Waals surface area contributed by atoms with Crippen LogP contribution >= 0.6 is 86.9 Å². The predicted molar refractivity (Wildman–Crippen MR) is 231 cm³/mol. The average Bonchev–Trinajstić information content (AvgIpc) is 3.52. The molecule has 10 heteroatoms. The van der Waals surface area contributed by atoms with Crippen LogP contribution in [-0.2, 0) is 6.54 Å². The van der Waals surface area contributed by atoms with Gasteiger partial charge in [0.1, 0.15) is 5.82 Å². The fourth-order valence-electron chi connectivity index (χ4n) is 5.48. The van der Waals surface area contributed by atoms with Crippen molar-refractivity contribution < 1.29 is 0 Å². The molecule has 0 aliphatic heterocycles. The first-order chi connectivity index (χ1) is 25.1. The van der Waals surface area contributed by atoms with Gasteiger partial charge in [-0.05, 0) is 72.3 Å². The zero-order valence-electron chi connectivity index (χ0n) is 27.2. The maximum absolute atomic E-state index is 8.05. The highest BCUT2D eigenvalue weighted by molar-refractivity contribution is 9.11. The van der Waals surface area contributed by atoms with Crippen molar-refractivity contribution in [2.24, 2.45) is 0 Å². The Bertz CT molecular complexity index is 2300. The highest BCUT2D eigenvalue weighted by Crippen LogP contribution is 2.39. The molecule has 0 saturated heterocycles. The molecule has 52 heavy (non-hydrogen) atoms. The lowest BCUT2D eigenvalue weighted by atomic mass is 10.0. The van der Waals surface area contributed by atoms with Gasteiger partial charge in [0.25, 0.3) is 0 Å². The largest absolute Gasteiger partial charge is 0.319 e. The molecule has 6 aromatic carbocycles. The van der Waals surface area contributed by atoms with Crippen LogP contribution < -0.4 is 0 Å². The number of aromatic nitrogens is 2. The fraction of sp³-hybridized carbons (Fsp3) is 0.0238. The molecule has 0 bridgehead atoms. The Morgan fingerprint density at radius 3 is 1.42 bits per heavy atom. The minimum Gasteiger partial charge on any atom is -0.319 e. The zero-order valence-corrected chi connectivity index (χ0v) is 35.1. The summed E-state index contributed by atoms with van der Waals surface area (Å²) >= 11 is 27.1. The lowest BCUT2D eigenvalue weighted by Crippen LogP contribution is -2.14.